The highest BCUT2D eigenvalue weighted by molar-refractivity contribution is 14.1. The lowest BCUT2D eigenvalue weighted by atomic mass is 10.1. The maximum absolute atomic E-state index is 5.94. The maximum atomic E-state index is 5.94. The van der Waals surface area contributed by atoms with Crippen molar-refractivity contribution in [2.45, 2.75) is 26.7 Å². The van der Waals surface area contributed by atoms with E-state index in [-0.39, 0.29) is 0 Å². The summed E-state index contributed by atoms with van der Waals surface area (Å²) in [5, 5.41) is 0. The molecule has 18 heavy (non-hydrogen) atoms. The average molecular weight is 354 g/mol. The van der Waals surface area contributed by atoms with E-state index in [9.17, 15) is 0 Å². The second-order valence-corrected chi connectivity index (χ2v) is 4.99. The second-order valence-electron chi connectivity index (χ2n) is 3.91. The molecule has 0 radical (unpaired) electrons. The van der Waals surface area contributed by atoms with Gasteiger partial charge in [-0.3, -0.25) is 4.98 Å². The fraction of sp³-hybridized carbons (Fsp3) is 0.308. The van der Waals surface area contributed by atoms with Gasteiger partial charge in [-0.1, -0.05) is 19.9 Å². The minimum atomic E-state index is 0.533. The van der Waals surface area contributed by atoms with Gasteiger partial charge in [0.05, 0.1) is 9.26 Å². The number of aryl methyl sites for hydroxylation is 2. The molecule has 0 saturated carbocycles. The van der Waals surface area contributed by atoms with E-state index in [2.05, 4.69) is 51.4 Å². The highest BCUT2D eigenvalue weighted by Crippen LogP contribution is 2.23. The Kier molecular flexibility index (Phi) is 4.11. The number of nitrogens with zero attached hydrogens (tertiary/aromatic N) is 3. The Balaban J connectivity index is 2.61. The molecule has 0 bridgehead atoms. The Bertz CT molecular complexity index is 569. The van der Waals surface area contributed by atoms with Crippen molar-refractivity contribution in [2.24, 2.45) is 0 Å². The van der Waals surface area contributed by atoms with Crippen LogP contribution in [-0.4, -0.2) is 15.0 Å². The summed E-state index contributed by atoms with van der Waals surface area (Å²) < 4.78 is 0.938. The predicted octanol–water partition coefficient (Wildman–Crippen LogP) is 2.85. The van der Waals surface area contributed by atoms with Gasteiger partial charge in [0.25, 0.3) is 0 Å². The van der Waals surface area contributed by atoms with Crippen LogP contribution in [0.2, 0.25) is 0 Å². The SMILES string of the molecule is CCc1cccnc1-c1nc(N)c(I)c(CC)n1. The molecule has 0 fully saturated rings. The number of aromatic nitrogens is 3. The van der Waals surface area contributed by atoms with E-state index in [1.54, 1.807) is 6.20 Å². The fourth-order valence-electron chi connectivity index (χ4n) is 1.78. The first-order valence-corrected chi connectivity index (χ1v) is 7.01. The zero-order valence-corrected chi connectivity index (χ0v) is 12.6. The molecule has 0 aliphatic heterocycles. The molecular weight excluding hydrogens is 339 g/mol. The molecule has 0 aromatic carbocycles. The van der Waals surface area contributed by atoms with Crippen molar-refractivity contribution >= 4 is 28.4 Å². The van der Waals surface area contributed by atoms with Crippen LogP contribution in [0.4, 0.5) is 5.82 Å². The molecule has 2 aromatic heterocycles. The highest BCUT2D eigenvalue weighted by Gasteiger charge is 2.13. The summed E-state index contributed by atoms with van der Waals surface area (Å²) in [5.74, 6) is 1.16. The van der Waals surface area contributed by atoms with Crippen LogP contribution in [0, 0.1) is 3.57 Å². The van der Waals surface area contributed by atoms with Gasteiger partial charge in [0.2, 0.25) is 0 Å². The number of anilines is 1. The molecule has 0 atom stereocenters. The van der Waals surface area contributed by atoms with Crippen LogP contribution < -0.4 is 5.73 Å². The number of halogens is 1. The van der Waals surface area contributed by atoms with E-state index in [0.29, 0.717) is 11.6 Å². The minimum Gasteiger partial charge on any atom is -0.383 e. The van der Waals surface area contributed by atoms with Crippen LogP contribution >= 0.6 is 22.6 Å². The molecule has 94 valence electrons. The van der Waals surface area contributed by atoms with Crippen LogP contribution in [0.15, 0.2) is 18.3 Å². The zero-order chi connectivity index (χ0) is 13.1. The van der Waals surface area contributed by atoms with Crippen molar-refractivity contribution in [1.82, 2.24) is 15.0 Å². The molecule has 2 N–H and O–H groups in total. The molecule has 5 heteroatoms. The molecule has 0 aliphatic carbocycles. The Hall–Kier alpha value is -1.24. The molecular formula is C13H15IN4. The first-order chi connectivity index (χ1) is 8.67. The van der Waals surface area contributed by atoms with E-state index in [4.69, 9.17) is 5.73 Å². The molecule has 2 aromatic rings. The van der Waals surface area contributed by atoms with Gasteiger partial charge in [-0.25, -0.2) is 9.97 Å². The normalized spacial score (nSPS) is 10.6. The third-order valence-electron chi connectivity index (χ3n) is 2.76. The van der Waals surface area contributed by atoms with Gasteiger partial charge in [0, 0.05) is 6.20 Å². The van der Waals surface area contributed by atoms with Crippen molar-refractivity contribution in [3.05, 3.63) is 33.2 Å². The Labute approximate surface area is 120 Å². The minimum absolute atomic E-state index is 0.533. The molecule has 2 rings (SSSR count). The Morgan fingerprint density at radius 3 is 2.67 bits per heavy atom. The van der Waals surface area contributed by atoms with E-state index in [0.717, 1.165) is 33.4 Å². The van der Waals surface area contributed by atoms with Crippen molar-refractivity contribution < 1.29 is 0 Å². The summed E-state index contributed by atoms with van der Waals surface area (Å²) in [7, 11) is 0. The van der Waals surface area contributed by atoms with Crippen molar-refractivity contribution in [3.63, 3.8) is 0 Å². The summed E-state index contributed by atoms with van der Waals surface area (Å²) in [6.07, 6.45) is 3.50. The Morgan fingerprint density at radius 1 is 1.22 bits per heavy atom. The standard InChI is InChI=1S/C13H15IN4/c1-3-8-6-5-7-16-11(8)13-17-9(4-2)10(14)12(15)18-13/h5-7H,3-4H2,1-2H3,(H2,15,17,18). The monoisotopic (exact) mass is 354 g/mol. The van der Waals surface area contributed by atoms with Crippen LogP contribution in [-0.2, 0) is 12.8 Å². The third kappa shape index (κ3) is 2.45. The second kappa shape index (κ2) is 5.60. The maximum Gasteiger partial charge on any atom is 0.180 e. The summed E-state index contributed by atoms with van der Waals surface area (Å²) in [6, 6.07) is 3.98. The average Bonchev–Trinajstić information content (AvgIpc) is 2.41. The molecule has 0 spiro atoms. The van der Waals surface area contributed by atoms with Crippen LogP contribution in [0.1, 0.15) is 25.1 Å². The third-order valence-corrected chi connectivity index (χ3v) is 3.94. The highest BCUT2D eigenvalue weighted by atomic mass is 127. The number of hydrogen-bond donors (Lipinski definition) is 1. The molecule has 0 saturated heterocycles. The van der Waals surface area contributed by atoms with Gasteiger partial charge in [0.1, 0.15) is 11.5 Å². The largest absolute Gasteiger partial charge is 0.383 e. The van der Waals surface area contributed by atoms with Crippen molar-refractivity contribution in [2.75, 3.05) is 5.73 Å². The van der Waals surface area contributed by atoms with E-state index in [1.165, 1.54) is 0 Å². The lowest BCUT2D eigenvalue weighted by molar-refractivity contribution is 0.979. The summed E-state index contributed by atoms with van der Waals surface area (Å²) in [4.78, 5) is 13.3. The zero-order valence-electron chi connectivity index (χ0n) is 10.4. The van der Waals surface area contributed by atoms with E-state index >= 15 is 0 Å². The van der Waals surface area contributed by atoms with Crippen LogP contribution in [0.3, 0.4) is 0 Å². The lowest BCUT2D eigenvalue weighted by Crippen LogP contribution is -2.06. The smallest absolute Gasteiger partial charge is 0.180 e. The summed E-state index contributed by atoms with van der Waals surface area (Å²) in [5.41, 5.74) is 8.89. The summed E-state index contributed by atoms with van der Waals surface area (Å²) in [6.45, 7) is 4.16. The van der Waals surface area contributed by atoms with Crippen LogP contribution in [0.25, 0.3) is 11.5 Å². The van der Waals surface area contributed by atoms with Crippen LogP contribution in [0.5, 0.6) is 0 Å². The first kappa shape index (κ1) is 13.2. The number of hydrogen-bond acceptors (Lipinski definition) is 4. The fourth-order valence-corrected chi connectivity index (χ4v) is 2.40. The van der Waals surface area contributed by atoms with E-state index < -0.39 is 0 Å². The predicted molar refractivity (Wildman–Crippen MR) is 81.1 cm³/mol. The number of rotatable bonds is 3. The molecule has 0 amide bonds. The van der Waals surface area contributed by atoms with Crippen molar-refractivity contribution in [1.29, 1.82) is 0 Å². The molecule has 4 nitrogen and oxygen atoms in total. The number of nitrogen functional groups attached to an aromatic ring is 1. The van der Waals surface area contributed by atoms with Gasteiger partial charge >= 0.3 is 0 Å². The van der Waals surface area contributed by atoms with Gasteiger partial charge in [0.15, 0.2) is 5.82 Å². The molecule has 2 heterocycles. The quantitative estimate of drug-likeness (QED) is 0.861. The van der Waals surface area contributed by atoms with Crippen molar-refractivity contribution in [3.8, 4) is 11.5 Å². The topological polar surface area (TPSA) is 64.7 Å². The van der Waals surface area contributed by atoms with E-state index in [1.807, 2.05) is 12.1 Å². The van der Waals surface area contributed by atoms with Gasteiger partial charge < -0.3 is 5.73 Å². The Morgan fingerprint density at radius 2 is 2.00 bits per heavy atom. The molecule has 0 unspecified atom stereocenters. The first-order valence-electron chi connectivity index (χ1n) is 5.93. The summed E-state index contributed by atoms with van der Waals surface area (Å²) >= 11 is 2.19. The number of pyridine rings is 1. The van der Waals surface area contributed by atoms with Gasteiger partial charge in [-0.15, -0.1) is 0 Å². The number of nitrogens with two attached hydrogens (primary N) is 1. The van der Waals surface area contributed by atoms with Gasteiger partial charge in [-0.2, -0.15) is 0 Å². The lowest BCUT2D eigenvalue weighted by Gasteiger charge is -2.09. The molecule has 0 aliphatic rings. The van der Waals surface area contributed by atoms with Gasteiger partial charge in [-0.05, 0) is 47.1 Å².